The SMILES string of the molecule is Cc1nc(CC(=O)N[C@H]2COC[C@H]2CS(=O)(=O)N(C)C)cs1. The number of hydrogen-bond donors (Lipinski definition) is 1. The summed E-state index contributed by atoms with van der Waals surface area (Å²) in [6.45, 7) is 2.57. The molecule has 1 fully saturated rings. The third-order valence-corrected chi connectivity index (χ3v) is 6.32. The lowest BCUT2D eigenvalue weighted by atomic mass is 10.1. The van der Waals surface area contributed by atoms with Crippen LogP contribution in [0.3, 0.4) is 0 Å². The van der Waals surface area contributed by atoms with Crippen molar-refractivity contribution in [3.63, 3.8) is 0 Å². The normalized spacial score (nSPS) is 22.2. The van der Waals surface area contributed by atoms with Crippen LogP contribution in [-0.4, -0.2) is 62.7 Å². The Morgan fingerprint density at radius 3 is 2.82 bits per heavy atom. The van der Waals surface area contributed by atoms with Gasteiger partial charge in [-0.15, -0.1) is 11.3 Å². The molecule has 7 nitrogen and oxygen atoms in total. The average Bonchev–Trinajstić information content (AvgIpc) is 2.99. The van der Waals surface area contributed by atoms with Crippen LogP contribution >= 0.6 is 11.3 Å². The highest BCUT2D eigenvalue weighted by atomic mass is 32.2. The maximum Gasteiger partial charge on any atom is 0.226 e. The Labute approximate surface area is 134 Å². The number of thiazole rings is 1. The Hall–Kier alpha value is -1.03. The van der Waals surface area contributed by atoms with E-state index in [4.69, 9.17) is 4.74 Å². The van der Waals surface area contributed by atoms with E-state index in [1.165, 1.54) is 29.7 Å². The van der Waals surface area contributed by atoms with Crippen molar-refractivity contribution >= 4 is 27.3 Å². The number of aromatic nitrogens is 1. The maximum absolute atomic E-state index is 12.1. The maximum atomic E-state index is 12.1. The Balaban J connectivity index is 1.92. The van der Waals surface area contributed by atoms with Gasteiger partial charge in [0, 0.05) is 25.4 Å². The molecule has 0 bridgehead atoms. The lowest BCUT2D eigenvalue weighted by Gasteiger charge is -2.20. The Morgan fingerprint density at radius 1 is 1.50 bits per heavy atom. The van der Waals surface area contributed by atoms with Gasteiger partial charge in [-0.3, -0.25) is 4.79 Å². The van der Waals surface area contributed by atoms with Gasteiger partial charge in [-0.2, -0.15) is 0 Å². The van der Waals surface area contributed by atoms with E-state index in [0.717, 1.165) is 10.7 Å². The van der Waals surface area contributed by atoms with E-state index in [2.05, 4.69) is 10.3 Å². The number of carbonyl (C=O) groups excluding carboxylic acids is 1. The van der Waals surface area contributed by atoms with E-state index in [9.17, 15) is 13.2 Å². The van der Waals surface area contributed by atoms with E-state index in [0.29, 0.717) is 13.2 Å². The fraction of sp³-hybridized carbons (Fsp3) is 0.692. The van der Waals surface area contributed by atoms with Gasteiger partial charge in [-0.25, -0.2) is 17.7 Å². The standard InChI is InChI=1S/C13H21N3O4S2/c1-9-14-11(7-21-9)4-13(17)15-12-6-20-5-10(12)8-22(18,19)16(2)3/h7,10,12H,4-6,8H2,1-3H3,(H,15,17)/t10-,12-/m0/s1. The molecule has 1 aliphatic rings. The Bertz CT molecular complexity index is 627. The van der Waals surface area contributed by atoms with E-state index >= 15 is 0 Å². The van der Waals surface area contributed by atoms with Crippen LogP contribution in [0, 0.1) is 12.8 Å². The molecule has 2 rings (SSSR count). The molecule has 124 valence electrons. The summed E-state index contributed by atoms with van der Waals surface area (Å²) in [7, 11) is -0.308. The molecule has 0 spiro atoms. The lowest BCUT2D eigenvalue weighted by molar-refractivity contribution is -0.121. The smallest absolute Gasteiger partial charge is 0.226 e. The molecule has 1 amide bonds. The predicted octanol–water partition coefficient (Wildman–Crippen LogP) is 0.0166. The quantitative estimate of drug-likeness (QED) is 0.783. The van der Waals surface area contributed by atoms with Gasteiger partial charge < -0.3 is 10.1 Å². The molecule has 1 saturated heterocycles. The highest BCUT2D eigenvalue weighted by Gasteiger charge is 2.34. The molecule has 1 aliphatic heterocycles. The number of nitrogens with one attached hydrogen (secondary N) is 1. The van der Waals surface area contributed by atoms with Crippen LogP contribution < -0.4 is 5.32 Å². The molecule has 0 radical (unpaired) electrons. The lowest BCUT2D eigenvalue weighted by Crippen LogP contribution is -2.44. The van der Waals surface area contributed by atoms with Crippen molar-refractivity contribution in [2.24, 2.45) is 5.92 Å². The molecule has 9 heteroatoms. The van der Waals surface area contributed by atoms with Crippen molar-refractivity contribution in [1.82, 2.24) is 14.6 Å². The minimum absolute atomic E-state index is 0.0270. The molecule has 0 saturated carbocycles. The number of aryl methyl sites for hydroxylation is 1. The summed E-state index contributed by atoms with van der Waals surface area (Å²) >= 11 is 1.50. The zero-order chi connectivity index (χ0) is 16.3. The molecule has 0 unspecified atom stereocenters. The number of amides is 1. The minimum atomic E-state index is -3.31. The first kappa shape index (κ1) is 17.3. The molecule has 0 aliphatic carbocycles. The summed E-state index contributed by atoms with van der Waals surface area (Å²) in [6, 6.07) is -0.276. The van der Waals surface area contributed by atoms with Crippen LogP contribution in [0.5, 0.6) is 0 Å². The third kappa shape index (κ3) is 4.48. The summed E-state index contributed by atoms with van der Waals surface area (Å²) in [5, 5.41) is 5.64. The topological polar surface area (TPSA) is 88.6 Å². The second-order valence-corrected chi connectivity index (χ2v) is 8.86. The van der Waals surface area contributed by atoms with Crippen LogP contribution in [0.1, 0.15) is 10.7 Å². The largest absolute Gasteiger partial charge is 0.379 e. The molecule has 22 heavy (non-hydrogen) atoms. The van der Waals surface area contributed by atoms with Gasteiger partial charge >= 0.3 is 0 Å². The van der Waals surface area contributed by atoms with E-state index < -0.39 is 10.0 Å². The van der Waals surface area contributed by atoms with Gasteiger partial charge in [-0.05, 0) is 6.92 Å². The molecule has 1 aromatic rings. The molecule has 1 N–H and O–H groups in total. The zero-order valence-corrected chi connectivity index (χ0v) is 14.5. The summed E-state index contributed by atoms with van der Waals surface area (Å²) in [5.74, 6) is -0.414. The molecule has 2 heterocycles. The molecular formula is C13H21N3O4S2. The number of ether oxygens (including phenoxy) is 1. The summed E-state index contributed by atoms with van der Waals surface area (Å²) in [6.07, 6.45) is 0.202. The first-order chi connectivity index (χ1) is 10.3. The van der Waals surface area contributed by atoms with E-state index in [-0.39, 0.29) is 30.0 Å². The highest BCUT2D eigenvalue weighted by molar-refractivity contribution is 7.89. The zero-order valence-electron chi connectivity index (χ0n) is 12.9. The van der Waals surface area contributed by atoms with Gasteiger partial charge in [0.05, 0.1) is 42.1 Å². The van der Waals surface area contributed by atoms with Crippen LogP contribution in [0.25, 0.3) is 0 Å². The fourth-order valence-corrected chi connectivity index (χ4v) is 4.03. The van der Waals surface area contributed by atoms with Gasteiger partial charge in [-0.1, -0.05) is 0 Å². The number of sulfonamides is 1. The number of nitrogens with zero attached hydrogens (tertiary/aromatic N) is 2. The number of rotatable bonds is 6. The van der Waals surface area contributed by atoms with Crippen molar-refractivity contribution in [3.05, 3.63) is 16.1 Å². The monoisotopic (exact) mass is 347 g/mol. The number of hydrogen-bond acceptors (Lipinski definition) is 6. The van der Waals surface area contributed by atoms with E-state index in [1.54, 1.807) is 0 Å². The van der Waals surface area contributed by atoms with Crippen LogP contribution in [0.15, 0.2) is 5.38 Å². The Kier molecular flexibility index (Phi) is 5.54. The summed E-state index contributed by atoms with van der Waals surface area (Å²) < 4.78 is 30.5. The minimum Gasteiger partial charge on any atom is -0.379 e. The average molecular weight is 347 g/mol. The molecular weight excluding hydrogens is 326 g/mol. The van der Waals surface area contributed by atoms with E-state index in [1.807, 2.05) is 12.3 Å². The van der Waals surface area contributed by atoms with Gasteiger partial charge in [0.2, 0.25) is 15.9 Å². The van der Waals surface area contributed by atoms with Crippen molar-refractivity contribution < 1.29 is 17.9 Å². The van der Waals surface area contributed by atoms with Gasteiger partial charge in [0.15, 0.2) is 0 Å². The predicted molar refractivity (Wildman–Crippen MR) is 84.3 cm³/mol. The second-order valence-electron chi connectivity index (χ2n) is 5.57. The van der Waals surface area contributed by atoms with Gasteiger partial charge in [0.25, 0.3) is 0 Å². The molecule has 2 atom stereocenters. The van der Waals surface area contributed by atoms with Crippen LogP contribution in [0.4, 0.5) is 0 Å². The number of carbonyl (C=O) groups is 1. The third-order valence-electron chi connectivity index (χ3n) is 3.53. The molecule has 0 aromatic carbocycles. The van der Waals surface area contributed by atoms with Crippen molar-refractivity contribution in [2.75, 3.05) is 33.1 Å². The summed E-state index contributed by atoms with van der Waals surface area (Å²) in [5.41, 5.74) is 0.733. The molecule has 1 aromatic heterocycles. The fourth-order valence-electron chi connectivity index (χ4n) is 2.25. The first-order valence-electron chi connectivity index (χ1n) is 6.96. The first-order valence-corrected chi connectivity index (χ1v) is 9.45. The van der Waals surface area contributed by atoms with Crippen molar-refractivity contribution in [1.29, 1.82) is 0 Å². The Morgan fingerprint density at radius 2 is 2.23 bits per heavy atom. The van der Waals surface area contributed by atoms with Crippen molar-refractivity contribution in [3.8, 4) is 0 Å². The summed E-state index contributed by atoms with van der Waals surface area (Å²) in [4.78, 5) is 16.3. The highest BCUT2D eigenvalue weighted by Crippen LogP contribution is 2.17. The van der Waals surface area contributed by atoms with Gasteiger partial charge in [0.1, 0.15) is 0 Å². The van der Waals surface area contributed by atoms with Crippen molar-refractivity contribution in [2.45, 2.75) is 19.4 Å². The second kappa shape index (κ2) is 7.03. The van der Waals surface area contributed by atoms with Crippen LogP contribution in [-0.2, 0) is 26.0 Å². The van der Waals surface area contributed by atoms with Crippen LogP contribution in [0.2, 0.25) is 0 Å².